The fourth-order valence-corrected chi connectivity index (χ4v) is 5.22. The largest absolute Gasteiger partial charge is 0.455 e. The number of hydrogen-bond acceptors (Lipinski definition) is 5. The topological polar surface area (TPSA) is 89.9 Å². The number of carbonyl (C=O) groups is 1. The minimum absolute atomic E-state index is 0.161. The van der Waals surface area contributed by atoms with Gasteiger partial charge in [-0.1, -0.05) is 6.58 Å². The molecule has 6 nitrogen and oxygen atoms in total. The van der Waals surface area contributed by atoms with Crippen LogP contribution in [0.1, 0.15) is 39.0 Å². The molecular weight excluding hydrogens is 370 g/mol. The zero-order chi connectivity index (χ0) is 19.3. The molecule has 0 unspecified atom stereocenters. The van der Waals surface area contributed by atoms with Crippen molar-refractivity contribution >= 4 is 16.1 Å². The molecule has 0 aromatic carbocycles. The average molecular weight is 394 g/mol. The summed E-state index contributed by atoms with van der Waals surface area (Å²) in [4.78, 5) is 12.3. The van der Waals surface area contributed by atoms with E-state index in [2.05, 4.69) is 11.3 Å². The second-order valence-corrected chi connectivity index (χ2v) is 9.63. The Morgan fingerprint density at radius 1 is 1.19 bits per heavy atom. The summed E-state index contributed by atoms with van der Waals surface area (Å²) < 4.78 is 66.0. The molecule has 4 rings (SSSR count). The summed E-state index contributed by atoms with van der Waals surface area (Å²) in [6.45, 7) is 3.28. The van der Waals surface area contributed by atoms with Gasteiger partial charge in [0.2, 0.25) is 0 Å². The molecule has 4 fully saturated rings. The third kappa shape index (κ3) is 3.53. The van der Waals surface area contributed by atoms with Crippen molar-refractivity contribution < 1.29 is 36.0 Å². The molecule has 4 aliphatic rings. The van der Waals surface area contributed by atoms with Gasteiger partial charge in [0.05, 0.1) is 12.2 Å². The Hall–Kier alpha value is -1.06. The number of halogens is 2. The minimum Gasteiger partial charge on any atom is -0.455 e. The van der Waals surface area contributed by atoms with E-state index in [1.54, 1.807) is 0 Å². The fraction of sp³-hybridized carbons (Fsp3) is 0.824. The van der Waals surface area contributed by atoms with E-state index >= 15 is 0 Å². The van der Waals surface area contributed by atoms with Gasteiger partial charge < -0.3 is 9.47 Å². The van der Waals surface area contributed by atoms with Crippen LogP contribution in [-0.2, 0) is 24.4 Å². The van der Waals surface area contributed by atoms with E-state index in [1.165, 1.54) is 6.42 Å². The Balaban J connectivity index is 1.54. The Kier molecular flexibility index (Phi) is 4.94. The Morgan fingerprint density at radius 2 is 1.69 bits per heavy atom. The van der Waals surface area contributed by atoms with Crippen molar-refractivity contribution in [2.75, 3.05) is 13.2 Å². The summed E-state index contributed by atoms with van der Waals surface area (Å²) in [6.07, 6.45) is 5.43. The third-order valence-corrected chi connectivity index (χ3v) is 7.16. The summed E-state index contributed by atoms with van der Waals surface area (Å²) >= 11 is 0. The van der Waals surface area contributed by atoms with Gasteiger partial charge >= 0.3 is 21.3 Å². The second kappa shape index (κ2) is 6.53. The van der Waals surface area contributed by atoms with Gasteiger partial charge in [-0.2, -0.15) is 17.2 Å². The molecule has 4 aliphatic carbocycles. The first kappa shape index (κ1) is 19.7. The summed E-state index contributed by atoms with van der Waals surface area (Å²) in [6, 6.07) is 0. The molecule has 0 saturated heterocycles. The minimum atomic E-state index is -5.57. The molecule has 26 heavy (non-hydrogen) atoms. The van der Waals surface area contributed by atoms with Crippen LogP contribution in [-0.4, -0.2) is 43.0 Å². The van der Waals surface area contributed by atoms with Gasteiger partial charge in [0.1, 0.15) is 12.2 Å². The predicted molar refractivity (Wildman–Crippen MR) is 88.0 cm³/mol. The first-order valence-electron chi connectivity index (χ1n) is 8.76. The van der Waals surface area contributed by atoms with E-state index < -0.39 is 40.2 Å². The number of rotatable bonds is 7. The fourth-order valence-electron chi connectivity index (χ4n) is 4.99. The van der Waals surface area contributed by atoms with E-state index in [9.17, 15) is 22.0 Å². The summed E-state index contributed by atoms with van der Waals surface area (Å²) in [5.41, 5.74) is -0.739. The molecule has 0 atom stereocenters. The van der Waals surface area contributed by atoms with Crippen LogP contribution in [0.5, 0.6) is 0 Å². The van der Waals surface area contributed by atoms with E-state index in [1.807, 2.05) is 6.92 Å². The van der Waals surface area contributed by atoms with Crippen LogP contribution in [0.15, 0.2) is 12.2 Å². The van der Waals surface area contributed by atoms with Crippen molar-refractivity contribution in [1.29, 1.82) is 0 Å². The Labute approximate surface area is 151 Å². The molecule has 0 aromatic rings. The number of ether oxygens (including phenoxy) is 2. The third-order valence-electron chi connectivity index (χ3n) is 6.28. The quantitative estimate of drug-likeness (QED) is 0.406. The van der Waals surface area contributed by atoms with Crippen LogP contribution < -0.4 is 0 Å². The van der Waals surface area contributed by atoms with Gasteiger partial charge in [-0.25, -0.2) is 4.79 Å². The average Bonchev–Trinajstić information content (AvgIpc) is 2.50. The van der Waals surface area contributed by atoms with Crippen LogP contribution in [0.25, 0.3) is 0 Å². The highest BCUT2D eigenvalue weighted by molar-refractivity contribution is 7.86. The molecule has 4 bridgehead atoms. The van der Waals surface area contributed by atoms with Gasteiger partial charge in [0.15, 0.2) is 0 Å². The first-order chi connectivity index (χ1) is 11.9. The molecule has 4 saturated carbocycles. The van der Waals surface area contributed by atoms with Crippen molar-refractivity contribution in [3.05, 3.63) is 12.2 Å². The monoisotopic (exact) mass is 394 g/mol. The Bertz CT molecular complexity index is 674. The van der Waals surface area contributed by atoms with Gasteiger partial charge in [-0.3, -0.25) is 4.55 Å². The van der Waals surface area contributed by atoms with Crippen molar-refractivity contribution in [1.82, 2.24) is 0 Å². The molecule has 148 valence electrons. The molecule has 1 N–H and O–H groups in total. The van der Waals surface area contributed by atoms with Crippen molar-refractivity contribution in [3.63, 3.8) is 0 Å². The molecule has 0 aliphatic heterocycles. The standard InChI is InChI=1S/C17H24F2O6S/c1-10(8-24-9-17(18,19)26(21,22)23)15(20)25-16(2)13-4-11-3-12(6-13)7-14(16)5-11/h11-14H,1,3-9H2,2H3,(H,21,22,23). The summed E-state index contributed by atoms with van der Waals surface area (Å²) in [5.74, 6) is 1.31. The molecule has 0 aromatic heterocycles. The number of hydrogen-bond donors (Lipinski definition) is 1. The maximum absolute atomic E-state index is 13.1. The molecule has 9 heteroatoms. The van der Waals surface area contributed by atoms with Crippen molar-refractivity contribution in [2.24, 2.45) is 23.7 Å². The van der Waals surface area contributed by atoms with Crippen LogP contribution in [0.4, 0.5) is 8.78 Å². The molecule has 0 amide bonds. The van der Waals surface area contributed by atoms with E-state index in [4.69, 9.17) is 9.29 Å². The van der Waals surface area contributed by atoms with Crippen LogP contribution in [0, 0.1) is 23.7 Å². The van der Waals surface area contributed by atoms with E-state index in [0.29, 0.717) is 23.7 Å². The lowest BCUT2D eigenvalue weighted by Gasteiger charge is -2.59. The number of esters is 1. The highest BCUT2D eigenvalue weighted by Gasteiger charge is 2.57. The lowest BCUT2D eigenvalue weighted by atomic mass is 9.50. The van der Waals surface area contributed by atoms with Crippen LogP contribution >= 0.6 is 0 Å². The summed E-state index contributed by atoms with van der Waals surface area (Å²) in [7, 11) is -5.57. The van der Waals surface area contributed by atoms with Gasteiger partial charge in [-0.05, 0) is 62.7 Å². The van der Waals surface area contributed by atoms with Crippen LogP contribution in [0.3, 0.4) is 0 Å². The lowest BCUT2D eigenvalue weighted by Crippen LogP contribution is -2.58. The molecule has 0 heterocycles. The first-order valence-corrected chi connectivity index (χ1v) is 10.2. The zero-order valence-corrected chi connectivity index (χ0v) is 15.4. The van der Waals surface area contributed by atoms with Crippen LogP contribution in [0.2, 0.25) is 0 Å². The highest BCUT2D eigenvalue weighted by Crippen LogP contribution is 2.59. The predicted octanol–water partition coefficient (Wildman–Crippen LogP) is 2.80. The highest BCUT2D eigenvalue weighted by atomic mass is 32.2. The van der Waals surface area contributed by atoms with E-state index in [-0.39, 0.29) is 5.57 Å². The number of alkyl halides is 2. The second-order valence-electron chi connectivity index (χ2n) is 8.09. The Morgan fingerprint density at radius 3 is 2.15 bits per heavy atom. The SMILES string of the molecule is C=C(COCC(F)(F)S(=O)(=O)O)C(=O)OC1(C)C2CC3CC(C2)CC1C3. The molecule has 0 radical (unpaired) electrons. The lowest BCUT2D eigenvalue weighted by molar-refractivity contribution is -0.200. The van der Waals surface area contributed by atoms with Crippen molar-refractivity contribution in [3.8, 4) is 0 Å². The van der Waals surface area contributed by atoms with Gasteiger partial charge in [0, 0.05) is 0 Å². The maximum Gasteiger partial charge on any atom is 0.392 e. The van der Waals surface area contributed by atoms with Crippen molar-refractivity contribution in [2.45, 2.75) is 49.9 Å². The molecular formula is C17H24F2O6S. The summed E-state index contributed by atoms with van der Waals surface area (Å²) in [5, 5.41) is -4.44. The van der Waals surface area contributed by atoms with Gasteiger partial charge in [-0.15, -0.1) is 0 Å². The maximum atomic E-state index is 13.1. The number of carbonyl (C=O) groups excluding carboxylic acids is 1. The van der Waals surface area contributed by atoms with E-state index in [0.717, 1.165) is 25.7 Å². The smallest absolute Gasteiger partial charge is 0.392 e. The zero-order valence-electron chi connectivity index (χ0n) is 14.6. The van der Waals surface area contributed by atoms with Gasteiger partial charge in [0.25, 0.3) is 0 Å². The molecule has 0 spiro atoms. The normalized spacial score (nSPS) is 36.2.